The highest BCUT2D eigenvalue weighted by atomic mass is 19.3. The van der Waals surface area contributed by atoms with Crippen molar-refractivity contribution in [2.75, 3.05) is 32.3 Å². The van der Waals surface area contributed by atoms with Gasteiger partial charge in [0, 0.05) is 31.4 Å². The Hall–Kier alpha value is -1.77. The predicted octanol–water partition coefficient (Wildman–Crippen LogP) is 3.21. The molecule has 0 bridgehead atoms. The van der Waals surface area contributed by atoms with Gasteiger partial charge < -0.3 is 24.4 Å². The molecule has 0 unspecified atom stereocenters. The van der Waals surface area contributed by atoms with Crippen LogP contribution >= 0.6 is 0 Å². The lowest BCUT2D eigenvalue weighted by atomic mass is 9.92. The Labute approximate surface area is 170 Å². The minimum Gasteiger partial charge on any atom is -0.465 e. The number of carbonyl (C=O) groups excluding carboxylic acids is 1. The monoisotopic (exact) mass is 412 g/mol. The van der Waals surface area contributed by atoms with Gasteiger partial charge in [-0.25, -0.2) is 4.79 Å². The number of hydrogen-bond acceptors (Lipinski definition) is 6. The van der Waals surface area contributed by atoms with E-state index in [1.54, 1.807) is 19.2 Å². The number of ether oxygens (including phenoxy) is 3. The number of esters is 1. The summed E-state index contributed by atoms with van der Waals surface area (Å²) in [6, 6.07) is 7.51. The molecule has 2 atom stereocenters. The molecule has 2 aliphatic rings. The first-order chi connectivity index (χ1) is 14.0. The molecule has 0 spiro atoms. The summed E-state index contributed by atoms with van der Waals surface area (Å²) in [7, 11) is 3.09. The second-order valence-electron chi connectivity index (χ2n) is 7.75. The summed E-state index contributed by atoms with van der Waals surface area (Å²) in [5.41, 5.74) is 1.34. The topological polar surface area (TPSA) is 60.0 Å². The van der Waals surface area contributed by atoms with Gasteiger partial charge in [-0.2, -0.15) is 8.78 Å². The summed E-state index contributed by atoms with van der Waals surface area (Å²) in [4.78, 5) is 13.7. The van der Waals surface area contributed by atoms with Crippen LogP contribution < -0.4 is 10.2 Å². The van der Waals surface area contributed by atoms with Gasteiger partial charge >= 0.3 is 12.6 Å². The van der Waals surface area contributed by atoms with Gasteiger partial charge in [-0.15, -0.1) is 0 Å². The highest BCUT2D eigenvalue weighted by Gasteiger charge is 2.35. The Kier molecular flexibility index (Phi) is 7.80. The zero-order valence-electron chi connectivity index (χ0n) is 17.0. The first-order valence-electron chi connectivity index (χ1n) is 10.1. The number of halogens is 2. The van der Waals surface area contributed by atoms with Crippen molar-refractivity contribution >= 4 is 11.7 Å². The molecule has 162 valence electrons. The third kappa shape index (κ3) is 5.87. The zero-order valence-corrected chi connectivity index (χ0v) is 17.0. The lowest BCUT2D eigenvalue weighted by Crippen LogP contribution is -2.42. The van der Waals surface area contributed by atoms with Crippen LogP contribution in [0.5, 0.6) is 0 Å². The number of hydrogen-bond donors (Lipinski definition) is 1. The van der Waals surface area contributed by atoms with Gasteiger partial charge in [0.05, 0.1) is 31.4 Å². The van der Waals surface area contributed by atoms with Crippen LogP contribution in [0.3, 0.4) is 0 Å². The molecule has 6 nitrogen and oxygen atoms in total. The molecule has 1 aliphatic carbocycles. The highest BCUT2D eigenvalue weighted by Crippen LogP contribution is 2.29. The molecule has 29 heavy (non-hydrogen) atoms. The van der Waals surface area contributed by atoms with Crippen molar-refractivity contribution in [1.82, 2.24) is 5.32 Å². The fourth-order valence-electron chi connectivity index (χ4n) is 4.40. The molecule has 0 amide bonds. The molecular formula is C21H30F2N2O4. The Morgan fingerprint density at radius 2 is 1.83 bits per heavy atom. The quantitative estimate of drug-likeness (QED) is 0.662. The predicted molar refractivity (Wildman–Crippen MR) is 105 cm³/mol. The van der Waals surface area contributed by atoms with Crippen molar-refractivity contribution in [3.05, 3.63) is 29.8 Å². The molecule has 1 heterocycles. The number of alkyl halides is 2. The van der Waals surface area contributed by atoms with E-state index >= 15 is 0 Å². The third-order valence-electron chi connectivity index (χ3n) is 5.93. The number of benzene rings is 1. The number of anilines is 1. The van der Waals surface area contributed by atoms with Crippen molar-refractivity contribution in [3.63, 3.8) is 0 Å². The molecule has 1 saturated carbocycles. The van der Waals surface area contributed by atoms with Crippen LogP contribution in [0.15, 0.2) is 24.3 Å². The van der Waals surface area contributed by atoms with Crippen molar-refractivity contribution in [1.29, 1.82) is 0 Å². The molecule has 2 fully saturated rings. The second kappa shape index (κ2) is 10.3. The fourth-order valence-corrected chi connectivity index (χ4v) is 4.40. The maximum absolute atomic E-state index is 12.6. The Morgan fingerprint density at radius 1 is 1.14 bits per heavy atom. The van der Waals surface area contributed by atoms with Crippen LogP contribution in [0.25, 0.3) is 0 Å². The number of rotatable bonds is 8. The van der Waals surface area contributed by atoms with Crippen LogP contribution in [0.1, 0.15) is 42.5 Å². The molecule has 1 N–H and O–H groups in total. The molecule has 1 aliphatic heterocycles. The van der Waals surface area contributed by atoms with Gasteiger partial charge in [-0.3, -0.25) is 0 Å². The molecule has 3 rings (SSSR count). The summed E-state index contributed by atoms with van der Waals surface area (Å²) in [5.74, 6) is -0.401. The first-order valence-corrected chi connectivity index (χ1v) is 10.1. The minimum absolute atomic E-state index is 0.0367. The van der Waals surface area contributed by atoms with Crippen LogP contribution in [0.2, 0.25) is 0 Å². The third-order valence-corrected chi connectivity index (χ3v) is 5.93. The summed E-state index contributed by atoms with van der Waals surface area (Å²) in [5, 5.41) is 3.70. The van der Waals surface area contributed by atoms with Crippen LogP contribution in [-0.2, 0) is 14.2 Å². The van der Waals surface area contributed by atoms with Crippen LogP contribution in [0, 0.1) is 0 Å². The molecule has 1 saturated heterocycles. The van der Waals surface area contributed by atoms with Crippen molar-refractivity contribution in [2.45, 2.75) is 62.9 Å². The summed E-state index contributed by atoms with van der Waals surface area (Å²) >= 11 is 0. The molecule has 1 aromatic rings. The average molecular weight is 412 g/mol. The van der Waals surface area contributed by atoms with Gasteiger partial charge in [-0.05, 0) is 56.4 Å². The van der Waals surface area contributed by atoms with E-state index in [0.29, 0.717) is 24.3 Å². The van der Waals surface area contributed by atoms with E-state index in [9.17, 15) is 13.6 Å². The number of carbonyl (C=O) groups is 1. The van der Waals surface area contributed by atoms with Gasteiger partial charge in [-0.1, -0.05) is 0 Å². The standard InChI is InChI=1S/C21H30F2N2O4/c1-27-19-9-5-15(6-10-19)24-16-11-18(13-29-21(22)23)25(12-16)17-7-3-14(4-8-17)20(26)28-2/h3-4,7-8,15-16,18-19,21,24H,5-6,9-13H2,1-2H3/t15?,16-,18-,19?/m0/s1. The van der Waals surface area contributed by atoms with Crippen molar-refractivity contribution in [2.24, 2.45) is 0 Å². The van der Waals surface area contributed by atoms with Gasteiger partial charge in [0.15, 0.2) is 0 Å². The van der Waals surface area contributed by atoms with Crippen molar-refractivity contribution in [3.8, 4) is 0 Å². The largest absolute Gasteiger partial charge is 0.465 e. The van der Waals surface area contributed by atoms with E-state index in [-0.39, 0.29) is 18.7 Å². The number of methoxy groups -OCH3 is 2. The SMILES string of the molecule is COC(=O)c1ccc(N2C[C@@H](NC3CCC(OC)CC3)C[C@H]2COC(F)F)cc1. The van der Waals surface area contributed by atoms with E-state index in [0.717, 1.165) is 37.8 Å². The van der Waals surface area contributed by atoms with Gasteiger partial charge in [0.1, 0.15) is 0 Å². The van der Waals surface area contributed by atoms with E-state index in [4.69, 9.17) is 9.47 Å². The molecule has 1 aromatic carbocycles. The fraction of sp³-hybridized carbons (Fsp3) is 0.667. The van der Waals surface area contributed by atoms with Gasteiger partial charge in [0.2, 0.25) is 0 Å². The summed E-state index contributed by atoms with van der Waals surface area (Å²) < 4.78 is 40.0. The van der Waals surface area contributed by atoms with E-state index in [1.807, 2.05) is 12.1 Å². The van der Waals surface area contributed by atoms with E-state index < -0.39 is 12.6 Å². The Balaban J connectivity index is 1.64. The van der Waals surface area contributed by atoms with E-state index in [2.05, 4.69) is 15.0 Å². The minimum atomic E-state index is -2.78. The Morgan fingerprint density at radius 3 is 2.41 bits per heavy atom. The zero-order chi connectivity index (χ0) is 20.8. The lowest BCUT2D eigenvalue weighted by molar-refractivity contribution is -0.131. The highest BCUT2D eigenvalue weighted by molar-refractivity contribution is 5.89. The van der Waals surface area contributed by atoms with Gasteiger partial charge in [0.25, 0.3) is 0 Å². The molecule has 0 radical (unpaired) electrons. The maximum Gasteiger partial charge on any atom is 0.345 e. The van der Waals surface area contributed by atoms with Crippen LogP contribution in [-0.4, -0.2) is 64.2 Å². The summed E-state index contributed by atoms with van der Waals surface area (Å²) in [6.07, 6.45) is 5.26. The molecule has 0 aromatic heterocycles. The number of nitrogens with zero attached hydrogens (tertiary/aromatic N) is 1. The number of nitrogens with one attached hydrogen (secondary N) is 1. The smallest absolute Gasteiger partial charge is 0.345 e. The second-order valence-corrected chi connectivity index (χ2v) is 7.75. The first kappa shape index (κ1) is 21.9. The van der Waals surface area contributed by atoms with E-state index in [1.165, 1.54) is 7.11 Å². The van der Waals surface area contributed by atoms with Crippen LogP contribution in [0.4, 0.5) is 14.5 Å². The maximum atomic E-state index is 12.6. The Bertz CT molecular complexity index is 651. The average Bonchev–Trinajstić information content (AvgIpc) is 3.15. The molecule has 8 heteroatoms. The summed E-state index contributed by atoms with van der Waals surface area (Å²) in [6.45, 7) is -2.11. The van der Waals surface area contributed by atoms with Crippen molar-refractivity contribution < 1.29 is 27.8 Å². The normalized spacial score (nSPS) is 27.4. The molecular weight excluding hydrogens is 382 g/mol. The lowest BCUT2D eigenvalue weighted by Gasteiger charge is -2.30.